The molecule has 1 amide bonds. The third kappa shape index (κ3) is 3.61. The summed E-state index contributed by atoms with van der Waals surface area (Å²) >= 11 is 0. The van der Waals surface area contributed by atoms with Gasteiger partial charge in [-0.1, -0.05) is 18.2 Å². The number of rotatable bonds is 4. The van der Waals surface area contributed by atoms with Crippen LogP contribution < -0.4 is 5.32 Å². The molecule has 1 fully saturated rings. The van der Waals surface area contributed by atoms with E-state index in [0.717, 1.165) is 23.0 Å². The van der Waals surface area contributed by atoms with E-state index in [9.17, 15) is 4.79 Å². The summed E-state index contributed by atoms with van der Waals surface area (Å²) < 4.78 is 0. The minimum Gasteiger partial charge on any atom is -0.322 e. The minimum absolute atomic E-state index is 0.236. The number of amides is 1. The van der Waals surface area contributed by atoms with Crippen LogP contribution in [0.15, 0.2) is 18.2 Å². The topological polar surface area (TPSA) is 29.1 Å². The summed E-state index contributed by atoms with van der Waals surface area (Å²) in [6.45, 7) is 6.41. The highest BCUT2D eigenvalue weighted by Crippen LogP contribution is 2.61. The second-order valence-electron chi connectivity index (χ2n) is 6.14. The molecular weight excluding hydrogens is 265 g/mol. The lowest BCUT2D eigenvalue weighted by Gasteiger charge is -2.29. The summed E-state index contributed by atoms with van der Waals surface area (Å²) in [4.78, 5) is 12.5. The van der Waals surface area contributed by atoms with Gasteiger partial charge in [-0.25, -0.2) is 0 Å². The second-order valence-corrected chi connectivity index (χ2v) is 10.7. The zero-order valence-electron chi connectivity index (χ0n) is 13.0. The lowest BCUT2D eigenvalue weighted by atomic mass is 10.1. The fraction of sp³-hybridized carbons (Fsp3) is 0.588. The van der Waals surface area contributed by atoms with Gasteiger partial charge in [-0.2, -0.15) is 0 Å². The number of hydrogen-bond acceptors (Lipinski definition) is 1. The van der Waals surface area contributed by atoms with Crippen molar-refractivity contribution >= 4 is 18.9 Å². The van der Waals surface area contributed by atoms with Gasteiger partial charge in [0.25, 0.3) is 5.91 Å². The number of anilines is 1. The van der Waals surface area contributed by atoms with Crippen molar-refractivity contribution in [2.45, 2.75) is 40.0 Å². The van der Waals surface area contributed by atoms with Crippen molar-refractivity contribution in [3.05, 3.63) is 29.3 Å². The molecule has 0 radical (unpaired) electrons. The molecule has 1 saturated heterocycles. The SMILES string of the molecule is CC[P+]1(CC(=O)Nc2c(C)cccc2C)CCCCC1. The van der Waals surface area contributed by atoms with E-state index < -0.39 is 7.26 Å². The fourth-order valence-corrected chi connectivity index (χ4v) is 7.14. The van der Waals surface area contributed by atoms with Crippen LogP contribution in [0.4, 0.5) is 5.69 Å². The van der Waals surface area contributed by atoms with E-state index in [0.29, 0.717) is 0 Å². The lowest BCUT2D eigenvalue weighted by Crippen LogP contribution is -2.25. The third-order valence-corrected chi connectivity index (χ3v) is 9.49. The van der Waals surface area contributed by atoms with Gasteiger partial charge in [-0.15, -0.1) is 0 Å². The van der Waals surface area contributed by atoms with Gasteiger partial charge in [0.15, 0.2) is 0 Å². The van der Waals surface area contributed by atoms with Gasteiger partial charge >= 0.3 is 0 Å². The maximum absolute atomic E-state index is 12.5. The van der Waals surface area contributed by atoms with Crippen LogP contribution in [0.1, 0.15) is 37.3 Å². The number of nitrogens with one attached hydrogen (secondary N) is 1. The Labute approximate surface area is 123 Å². The molecule has 20 heavy (non-hydrogen) atoms. The molecule has 1 aliphatic heterocycles. The molecule has 1 N–H and O–H groups in total. The molecule has 0 bridgehead atoms. The van der Waals surface area contributed by atoms with Crippen LogP contribution in [0.2, 0.25) is 0 Å². The molecule has 0 saturated carbocycles. The zero-order valence-corrected chi connectivity index (χ0v) is 13.9. The molecule has 0 spiro atoms. The smallest absolute Gasteiger partial charge is 0.261 e. The molecule has 110 valence electrons. The molecule has 1 aliphatic rings. The van der Waals surface area contributed by atoms with E-state index in [1.54, 1.807) is 0 Å². The standard InChI is InChI=1S/C17H26NOP/c1-4-20(11-6-5-7-12-20)13-16(19)18-17-14(2)9-8-10-15(17)3/h8-10H,4-7,11-13H2,1-3H3/p+1. The molecule has 0 unspecified atom stereocenters. The van der Waals surface area contributed by atoms with E-state index in [-0.39, 0.29) is 5.91 Å². The summed E-state index contributed by atoms with van der Waals surface area (Å²) in [6, 6.07) is 6.17. The summed E-state index contributed by atoms with van der Waals surface area (Å²) in [5, 5.41) is 3.17. The first-order valence-corrected chi connectivity index (χ1v) is 10.3. The highest BCUT2D eigenvalue weighted by molar-refractivity contribution is 7.76. The van der Waals surface area contributed by atoms with Crippen molar-refractivity contribution in [2.24, 2.45) is 0 Å². The number of hydrogen-bond donors (Lipinski definition) is 1. The monoisotopic (exact) mass is 292 g/mol. The van der Waals surface area contributed by atoms with E-state index in [1.165, 1.54) is 37.7 Å². The molecular formula is C17H27NOP+. The fourth-order valence-electron chi connectivity index (χ4n) is 3.26. The van der Waals surface area contributed by atoms with E-state index >= 15 is 0 Å². The molecule has 1 heterocycles. The number of carbonyl (C=O) groups is 1. The van der Waals surface area contributed by atoms with Crippen molar-refractivity contribution in [3.8, 4) is 0 Å². The van der Waals surface area contributed by atoms with Gasteiger partial charge < -0.3 is 5.32 Å². The predicted molar refractivity (Wildman–Crippen MR) is 90.5 cm³/mol. The molecule has 3 heteroatoms. The van der Waals surface area contributed by atoms with E-state index in [1.807, 2.05) is 6.07 Å². The summed E-state index contributed by atoms with van der Waals surface area (Å²) in [6.07, 6.45) is 8.69. The average Bonchev–Trinajstić information content (AvgIpc) is 2.44. The Bertz CT molecular complexity index is 458. The van der Waals surface area contributed by atoms with E-state index in [4.69, 9.17) is 0 Å². The van der Waals surface area contributed by atoms with E-state index in [2.05, 4.69) is 38.2 Å². The summed E-state index contributed by atoms with van der Waals surface area (Å²) in [5.41, 5.74) is 3.33. The van der Waals surface area contributed by atoms with Gasteiger partial charge in [-0.3, -0.25) is 4.79 Å². The molecule has 0 aromatic heterocycles. The predicted octanol–water partition coefficient (Wildman–Crippen LogP) is 4.46. The largest absolute Gasteiger partial charge is 0.322 e. The number of para-hydroxylation sites is 1. The number of benzene rings is 1. The molecule has 0 aliphatic carbocycles. The van der Waals surface area contributed by atoms with Crippen LogP contribution in [0, 0.1) is 13.8 Å². The summed E-state index contributed by atoms with van der Waals surface area (Å²) in [7, 11) is -1.01. The molecule has 2 nitrogen and oxygen atoms in total. The Balaban J connectivity index is 2.05. The van der Waals surface area contributed by atoms with Crippen LogP contribution >= 0.6 is 7.26 Å². The molecule has 2 rings (SSSR count). The Morgan fingerprint density at radius 2 is 1.75 bits per heavy atom. The highest BCUT2D eigenvalue weighted by atomic mass is 31.2. The quantitative estimate of drug-likeness (QED) is 0.815. The first kappa shape index (κ1) is 15.5. The maximum Gasteiger partial charge on any atom is 0.261 e. The molecule has 0 atom stereocenters. The third-order valence-electron chi connectivity index (χ3n) is 4.66. The van der Waals surface area contributed by atoms with Gasteiger partial charge in [-0.05, 0) is 51.2 Å². The molecule has 1 aromatic carbocycles. The Morgan fingerprint density at radius 3 is 2.30 bits per heavy atom. The first-order valence-electron chi connectivity index (χ1n) is 7.77. The van der Waals surface area contributed by atoms with Crippen LogP contribution in [0.5, 0.6) is 0 Å². The minimum atomic E-state index is -1.01. The average molecular weight is 292 g/mol. The van der Waals surface area contributed by atoms with Gasteiger partial charge in [0.2, 0.25) is 0 Å². The van der Waals surface area contributed by atoms with Crippen LogP contribution in [-0.2, 0) is 4.79 Å². The normalized spacial score (nSPS) is 17.8. The van der Waals surface area contributed by atoms with Crippen LogP contribution in [0.3, 0.4) is 0 Å². The Kier molecular flexibility index (Phi) is 5.21. The second kappa shape index (κ2) is 6.72. The van der Waals surface area contributed by atoms with Crippen LogP contribution in [-0.4, -0.2) is 30.6 Å². The van der Waals surface area contributed by atoms with Gasteiger partial charge in [0.1, 0.15) is 6.16 Å². The Morgan fingerprint density at radius 1 is 1.15 bits per heavy atom. The highest BCUT2D eigenvalue weighted by Gasteiger charge is 2.39. The van der Waals surface area contributed by atoms with Gasteiger partial charge in [0.05, 0.1) is 18.5 Å². The van der Waals surface area contributed by atoms with Crippen molar-refractivity contribution in [1.29, 1.82) is 0 Å². The lowest BCUT2D eigenvalue weighted by molar-refractivity contribution is -0.113. The Hall–Kier alpha value is -0.880. The van der Waals surface area contributed by atoms with Crippen molar-refractivity contribution in [1.82, 2.24) is 0 Å². The van der Waals surface area contributed by atoms with Gasteiger partial charge in [0, 0.05) is 12.9 Å². The maximum atomic E-state index is 12.5. The molecule has 1 aromatic rings. The van der Waals surface area contributed by atoms with Crippen molar-refractivity contribution < 1.29 is 4.79 Å². The van der Waals surface area contributed by atoms with Crippen molar-refractivity contribution in [3.63, 3.8) is 0 Å². The number of carbonyl (C=O) groups excluding carboxylic acids is 1. The summed E-state index contributed by atoms with van der Waals surface area (Å²) in [5.74, 6) is 0.236. The first-order chi connectivity index (χ1) is 9.56. The zero-order chi connectivity index (χ0) is 14.6. The van der Waals surface area contributed by atoms with Crippen LogP contribution in [0.25, 0.3) is 0 Å². The number of aryl methyl sites for hydroxylation is 2. The van der Waals surface area contributed by atoms with Crippen molar-refractivity contribution in [2.75, 3.05) is 30.0 Å².